The van der Waals surface area contributed by atoms with Gasteiger partial charge in [0.15, 0.2) is 5.03 Å². The number of hydrogen-bond acceptors (Lipinski definition) is 4. The monoisotopic (exact) mass is 328 g/mol. The lowest BCUT2D eigenvalue weighted by molar-refractivity contribution is -0.124. The van der Waals surface area contributed by atoms with E-state index in [9.17, 15) is 13.2 Å². The molecule has 1 unspecified atom stereocenters. The summed E-state index contributed by atoms with van der Waals surface area (Å²) in [5.74, 6) is 0.0941. The molecule has 1 fully saturated rings. The topological polar surface area (TPSA) is 84.3 Å². The van der Waals surface area contributed by atoms with Crippen LogP contribution in [0.15, 0.2) is 17.6 Å². The molecule has 124 valence electrons. The number of rotatable bonds is 5. The Morgan fingerprint density at radius 3 is 2.82 bits per heavy atom. The molecule has 2 heterocycles. The van der Waals surface area contributed by atoms with Gasteiger partial charge in [-0.25, -0.2) is 13.4 Å². The summed E-state index contributed by atoms with van der Waals surface area (Å²) in [6.45, 7) is 5.14. The van der Waals surface area contributed by atoms with Crippen LogP contribution in [0.5, 0.6) is 0 Å². The van der Waals surface area contributed by atoms with Crippen molar-refractivity contribution in [3.8, 4) is 0 Å². The minimum Gasteiger partial charge on any atom is -0.356 e. The molecule has 1 aliphatic rings. The summed E-state index contributed by atoms with van der Waals surface area (Å²) in [5, 5.41) is 2.97. The summed E-state index contributed by atoms with van der Waals surface area (Å²) < 4.78 is 28.2. The first-order valence-electron chi connectivity index (χ1n) is 7.56. The van der Waals surface area contributed by atoms with Crippen molar-refractivity contribution in [2.45, 2.75) is 31.7 Å². The molecule has 8 heteroatoms. The van der Waals surface area contributed by atoms with Gasteiger partial charge in [0.1, 0.15) is 0 Å². The average molecular weight is 328 g/mol. The van der Waals surface area contributed by atoms with E-state index in [1.54, 1.807) is 11.6 Å². The predicted octanol–water partition coefficient (Wildman–Crippen LogP) is 0.593. The number of sulfonamides is 1. The van der Waals surface area contributed by atoms with Crippen LogP contribution in [0.4, 0.5) is 0 Å². The number of nitrogens with zero attached hydrogens (tertiary/aromatic N) is 3. The van der Waals surface area contributed by atoms with Gasteiger partial charge in [-0.05, 0) is 18.8 Å². The Morgan fingerprint density at radius 1 is 1.50 bits per heavy atom. The number of nitrogens with one attached hydrogen (secondary N) is 1. The lowest BCUT2D eigenvalue weighted by Crippen LogP contribution is -2.44. The number of hydrogen-bond donors (Lipinski definition) is 1. The summed E-state index contributed by atoms with van der Waals surface area (Å²) in [7, 11) is -1.80. The molecule has 1 saturated heterocycles. The lowest BCUT2D eigenvalue weighted by atomic mass is 9.99. The van der Waals surface area contributed by atoms with Gasteiger partial charge >= 0.3 is 0 Å². The van der Waals surface area contributed by atoms with Gasteiger partial charge in [0.05, 0.1) is 6.33 Å². The zero-order valence-electron chi connectivity index (χ0n) is 13.3. The van der Waals surface area contributed by atoms with Crippen molar-refractivity contribution in [2.24, 2.45) is 18.9 Å². The predicted molar refractivity (Wildman–Crippen MR) is 82.5 cm³/mol. The van der Waals surface area contributed by atoms with E-state index in [2.05, 4.69) is 10.3 Å². The highest BCUT2D eigenvalue weighted by molar-refractivity contribution is 7.89. The van der Waals surface area contributed by atoms with Gasteiger partial charge in [-0.1, -0.05) is 13.8 Å². The van der Waals surface area contributed by atoms with Gasteiger partial charge in [0, 0.05) is 38.8 Å². The molecule has 0 aromatic carbocycles. The molecule has 0 spiro atoms. The highest BCUT2D eigenvalue weighted by Gasteiger charge is 2.31. The molecular formula is C14H24N4O3S. The maximum Gasteiger partial charge on any atom is 0.262 e. The van der Waals surface area contributed by atoms with Crippen molar-refractivity contribution in [3.05, 3.63) is 12.5 Å². The van der Waals surface area contributed by atoms with Crippen LogP contribution >= 0.6 is 0 Å². The van der Waals surface area contributed by atoms with Crippen LogP contribution < -0.4 is 5.32 Å². The average Bonchev–Trinajstić information content (AvgIpc) is 2.92. The SMILES string of the molecule is CC(C)C(=O)NCC1CCCN(S(=O)(=O)c2cn(C)cn2)C1. The first kappa shape index (κ1) is 17.0. The van der Waals surface area contributed by atoms with Gasteiger partial charge in [-0.2, -0.15) is 4.31 Å². The number of amides is 1. The Balaban J connectivity index is 2.00. The van der Waals surface area contributed by atoms with Crippen molar-refractivity contribution in [1.29, 1.82) is 0 Å². The Morgan fingerprint density at radius 2 is 2.23 bits per heavy atom. The Hall–Kier alpha value is -1.41. The quantitative estimate of drug-likeness (QED) is 0.857. The first-order chi connectivity index (χ1) is 10.3. The molecule has 1 atom stereocenters. The third-order valence-electron chi connectivity index (χ3n) is 3.86. The number of aryl methyl sites for hydroxylation is 1. The number of carbonyl (C=O) groups excluding carboxylic acids is 1. The largest absolute Gasteiger partial charge is 0.356 e. The third-order valence-corrected chi connectivity index (χ3v) is 5.61. The molecule has 7 nitrogen and oxygen atoms in total. The molecule has 0 saturated carbocycles. The number of piperidine rings is 1. The van der Waals surface area contributed by atoms with Crippen molar-refractivity contribution in [2.75, 3.05) is 19.6 Å². The molecule has 22 heavy (non-hydrogen) atoms. The summed E-state index contributed by atoms with van der Waals surface area (Å²) in [4.78, 5) is 15.6. The van der Waals surface area contributed by atoms with Crippen LogP contribution in [0.1, 0.15) is 26.7 Å². The standard InChI is InChI=1S/C14H24N4O3S/c1-11(2)14(19)15-7-12-5-4-6-18(8-12)22(20,21)13-9-17(3)10-16-13/h9-12H,4-8H2,1-3H3,(H,15,19). The van der Waals surface area contributed by atoms with Crippen LogP contribution in [0, 0.1) is 11.8 Å². The summed E-state index contributed by atoms with van der Waals surface area (Å²) >= 11 is 0. The number of carbonyl (C=O) groups is 1. The van der Waals surface area contributed by atoms with E-state index < -0.39 is 10.0 Å². The Bertz CT molecular complexity index is 624. The van der Waals surface area contributed by atoms with E-state index in [0.29, 0.717) is 19.6 Å². The molecule has 1 aromatic heterocycles. The fraction of sp³-hybridized carbons (Fsp3) is 0.714. The van der Waals surface area contributed by atoms with Gasteiger partial charge in [0.2, 0.25) is 5.91 Å². The second kappa shape index (κ2) is 6.78. The molecule has 1 N–H and O–H groups in total. The number of imidazole rings is 1. The summed E-state index contributed by atoms with van der Waals surface area (Å²) in [6.07, 6.45) is 4.72. The second-order valence-corrected chi connectivity index (χ2v) is 8.03. The summed E-state index contributed by atoms with van der Waals surface area (Å²) in [5.41, 5.74) is 0. The van der Waals surface area contributed by atoms with E-state index in [1.807, 2.05) is 13.8 Å². The molecule has 0 radical (unpaired) electrons. The van der Waals surface area contributed by atoms with Gasteiger partial charge in [-0.15, -0.1) is 0 Å². The van der Waals surface area contributed by atoms with Crippen molar-refractivity contribution in [3.63, 3.8) is 0 Å². The van der Waals surface area contributed by atoms with Gasteiger partial charge in [-0.3, -0.25) is 4.79 Å². The van der Waals surface area contributed by atoms with Crippen molar-refractivity contribution < 1.29 is 13.2 Å². The zero-order chi connectivity index (χ0) is 16.3. The minimum atomic E-state index is -3.54. The maximum atomic E-state index is 12.6. The normalized spacial score (nSPS) is 20.3. The van der Waals surface area contributed by atoms with E-state index >= 15 is 0 Å². The van der Waals surface area contributed by atoms with E-state index in [-0.39, 0.29) is 22.8 Å². The van der Waals surface area contributed by atoms with Crippen LogP contribution in [-0.4, -0.2) is 47.8 Å². The lowest BCUT2D eigenvalue weighted by Gasteiger charge is -2.31. The van der Waals surface area contributed by atoms with Crippen molar-refractivity contribution >= 4 is 15.9 Å². The highest BCUT2D eigenvalue weighted by Crippen LogP contribution is 2.22. The third kappa shape index (κ3) is 3.86. The Kier molecular flexibility index (Phi) is 5.23. The second-order valence-electron chi connectivity index (χ2n) is 6.15. The fourth-order valence-corrected chi connectivity index (χ4v) is 4.04. The van der Waals surface area contributed by atoms with Crippen LogP contribution in [-0.2, 0) is 21.9 Å². The number of aromatic nitrogens is 2. The molecular weight excluding hydrogens is 304 g/mol. The van der Waals surface area contributed by atoms with Crippen molar-refractivity contribution in [1.82, 2.24) is 19.2 Å². The molecule has 2 rings (SSSR count). The summed E-state index contributed by atoms with van der Waals surface area (Å²) in [6, 6.07) is 0. The molecule has 1 aromatic rings. The van der Waals surface area contributed by atoms with Crippen LogP contribution in [0.2, 0.25) is 0 Å². The van der Waals surface area contributed by atoms with Gasteiger partial charge in [0.25, 0.3) is 10.0 Å². The first-order valence-corrected chi connectivity index (χ1v) is 9.00. The molecule has 0 bridgehead atoms. The van der Waals surface area contributed by atoms with E-state index in [1.165, 1.54) is 16.8 Å². The highest BCUT2D eigenvalue weighted by atomic mass is 32.2. The minimum absolute atomic E-state index is 0.00436. The Labute approximate surface area is 131 Å². The molecule has 1 aliphatic heterocycles. The van der Waals surface area contributed by atoms with E-state index in [0.717, 1.165) is 12.8 Å². The van der Waals surface area contributed by atoms with Crippen LogP contribution in [0.25, 0.3) is 0 Å². The fourth-order valence-electron chi connectivity index (χ4n) is 2.52. The van der Waals surface area contributed by atoms with Crippen LogP contribution in [0.3, 0.4) is 0 Å². The smallest absolute Gasteiger partial charge is 0.262 e. The maximum absolute atomic E-state index is 12.6. The zero-order valence-corrected chi connectivity index (χ0v) is 14.1. The molecule has 0 aliphatic carbocycles. The van der Waals surface area contributed by atoms with Gasteiger partial charge < -0.3 is 9.88 Å². The molecule has 1 amide bonds. The van der Waals surface area contributed by atoms with E-state index in [4.69, 9.17) is 0 Å².